The van der Waals surface area contributed by atoms with Crippen molar-refractivity contribution in [1.82, 2.24) is 4.90 Å². The van der Waals surface area contributed by atoms with Gasteiger partial charge in [0.25, 0.3) is 0 Å². The van der Waals surface area contributed by atoms with E-state index in [1.807, 2.05) is 20.8 Å². The Bertz CT molecular complexity index is 478. The summed E-state index contributed by atoms with van der Waals surface area (Å²) in [6, 6.07) is -0.608. The molecule has 0 spiro atoms. The molecule has 1 aliphatic rings. The predicted molar refractivity (Wildman–Crippen MR) is 74.6 cm³/mol. The number of rotatable bonds is 3. The molecule has 1 unspecified atom stereocenters. The second-order valence-corrected chi connectivity index (χ2v) is 4.74. The summed E-state index contributed by atoms with van der Waals surface area (Å²) in [7, 11) is 0. The molecule has 0 bridgehead atoms. The molecule has 0 aromatic heterocycles. The predicted octanol–water partition coefficient (Wildman–Crippen LogP) is 1.58. The molecule has 1 heterocycles. The van der Waals surface area contributed by atoms with Crippen LogP contribution in [0, 0.1) is 17.8 Å². The Hall–Kier alpha value is -2.02. The van der Waals surface area contributed by atoms with Gasteiger partial charge in [0.1, 0.15) is 6.04 Å². The number of nitrogens with two attached hydrogens (primary N) is 1. The van der Waals surface area contributed by atoms with Crippen LogP contribution >= 0.6 is 0 Å². The number of allylic oxidation sites excluding steroid dienone is 2. The largest absolute Gasteiger partial charge is 0.368 e. The van der Waals surface area contributed by atoms with Crippen LogP contribution in [0.25, 0.3) is 0 Å². The maximum Gasteiger partial charge on any atom is 0.240 e. The molecule has 4 heteroatoms. The van der Waals surface area contributed by atoms with Crippen LogP contribution in [0.2, 0.25) is 0 Å². The molecule has 1 aliphatic heterocycles. The van der Waals surface area contributed by atoms with E-state index in [4.69, 9.17) is 5.73 Å². The lowest BCUT2D eigenvalue weighted by molar-refractivity contribution is -0.135. The summed E-state index contributed by atoms with van der Waals surface area (Å²) < 4.78 is 0. The number of carbonyl (C=O) groups is 2. The highest BCUT2D eigenvalue weighted by atomic mass is 16.2. The number of nitrogens with zero attached hydrogens (tertiary/aromatic N) is 1. The Labute approximate surface area is 114 Å². The zero-order valence-electron chi connectivity index (χ0n) is 11.6. The van der Waals surface area contributed by atoms with Crippen LogP contribution in [-0.2, 0) is 9.59 Å². The third-order valence-electron chi connectivity index (χ3n) is 2.71. The van der Waals surface area contributed by atoms with Gasteiger partial charge in [0, 0.05) is 24.1 Å². The Morgan fingerprint density at radius 2 is 2.21 bits per heavy atom. The maximum absolute atomic E-state index is 12.0. The summed E-state index contributed by atoms with van der Waals surface area (Å²) >= 11 is 0. The second-order valence-electron chi connectivity index (χ2n) is 4.74. The van der Waals surface area contributed by atoms with Crippen molar-refractivity contribution in [2.24, 2.45) is 11.7 Å². The summed E-state index contributed by atoms with van der Waals surface area (Å²) in [5.41, 5.74) is 6.06. The molecule has 0 fully saturated rings. The summed E-state index contributed by atoms with van der Waals surface area (Å²) in [4.78, 5) is 24.8. The fraction of sp³-hybridized carbons (Fsp3) is 0.467. The Morgan fingerprint density at radius 3 is 2.74 bits per heavy atom. The van der Waals surface area contributed by atoms with Gasteiger partial charge in [-0.15, -0.1) is 0 Å². The van der Waals surface area contributed by atoms with Gasteiger partial charge < -0.3 is 10.6 Å². The molecule has 102 valence electrons. The minimum Gasteiger partial charge on any atom is -0.368 e. The molecule has 0 aromatic carbocycles. The average Bonchev–Trinajstić information content (AvgIpc) is 2.50. The van der Waals surface area contributed by atoms with Crippen LogP contribution < -0.4 is 5.73 Å². The van der Waals surface area contributed by atoms with Gasteiger partial charge in [-0.3, -0.25) is 9.59 Å². The van der Waals surface area contributed by atoms with Gasteiger partial charge in [0.15, 0.2) is 0 Å². The van der Waals surface area contributed by atoms with Crippen LogP contribution in [0.4, 0.5) is 0 Å². The molecule has 0 aliphatic carbocycles. The normalized spacial score (nSPS) is 16.5. The first-order chi connectivity index (χ1) is 8.95. The fourth-order valence-corrected chi connectivity index (χ4v) is 1.76. The Kier molecular flexibility index (Phi) is 5.37. The van der Waals surface area contributed by atoms with Gasteiger partial charge in [-0.1, -0.05) is 38.7 Å². The van der Waals surface area contributed by atoms with E-state index in [0.29, 0.717) is 6.42 Å². The van der Waals surface area contributed by atoms with Gasteiger partial charge in [0.2, 0.25) is 11.8 Å². The van der Waals surface area contributed by atoms with Crippen molar-refractivity contribution in [2.45, 2.75) is 39.7 Å². The monoisotopic (exact) mass is 260 g/mol. The van der Waals surface area contributed by atoms with E-state index >= 15 is 0 Å². The zero-order chi connectivity index (χ0) is 14.4. The molecule has 0 saturated carbocycles. The van der Waals surface area contributed by atoms with Gasteiger partial charge >= 0.3 is 0 Å². The van der Waals surface area contributed by atoms with Crippen LogP contribution in [0.5, 0.6) is 0 Å². The topological polar surface area (TPSA) is 63.4 Å². The van der Waals surface area contributed by atoms with E-state index in [1.165, 1.54) is 4.90 Å². The SMILES string of the molecule is CCC(C(N)=O)N1C=C(C#CC(C)C)C=CCC1=O. The van der Waals surface area contributed by atoms with Crippen LogP contribution in [-0.4, -0.2) is 22.8 Å². The summed E-state index contributed by atoms with van der Waals surface area (Å²) in [5, 5.41) is 0. The van der Waals surface area contributed by atoms with E-state index in [9.17, 15) is 9.59 Å². The summed E-state index contributed by atoms with van der Waals surface area (Å²) in [5.74, 6) is 5.67. The lowest BCUT2D eigenvalue weighted by Gasteiger charge is -2.24. The van der Waals surface area contributed by atoms with E-state index < -0.39 is 11.9 Å². The highest BCUT2D eigenvalue weighted by molar-refractivity contribution is 5.88. The number of amides is 2. The Balaban J connectivity index is 3.08. The molecular weight excluding hydrogens is 240 g/mol. The quantitative estimate of drug-likeness (QED) is 0.783. The van der Waals surface area contributed by atoms with Gasteiger partial charge in [-0.25, -0.2) is 0 Å². The minimum absolute atomic E-state index is 0.136. The molecule has 19 heavy (non-hydrogen) atoms. The van der Waals surface area contributed by atoms with E-state index in [-0.39, 0.29) is 18.2 Å². The van der Waals surface area contributed by atoms with Crippen molar-refractivity contribution < 1.29 is 9.59 Å². The maximum atomic E-state index is 12.0. The second kappa shape index (κ2) is 6.79. The van der Waals surface area contributed by atoms with Gasteiger partial charge in [0.05, 0.1) is 0 Å². The molecule has 0 aromatic rings. The molecule has 0 saturated heterocycles. The molecule has 4 nitrogen and oxygen atoms in total. The average molecular weight is 260 g/mol. The third kappa shape index (κ3) is 4.29. The van der Waals surface area contributed by atoms with Crippen LogP contribution in [0.1, 0.15) is 33.6 Å². The molecule has 0 radical (unpaired) electrons. The van der Waals surface area contributed by atoms with Crippen molar-refractivity contribution in [2.75, 3.05) is 0 Å². The minimum atomic E-state index is -0.608. The lowest BCUT2D eigenvalue weighted by Crippen LogP contribution is -2.44. The molecule has 1 atom stereocenters. The number of primary amides is 1. The number of carbonyl (C=O) groups excluding carboxylic acids is 2. The molecule has 1 rings (SSSR count). The summed E-state index contributed by atoms with van der Waals surface area (Å²) in [6.45, 7) is 5.82. The van der Waals surface area contributed by atoms with E-state index in [1.54, 1.807) is 18.4 Å². The van der Waals surface area contributed by atoms with Crippen molar-refractivity contribution in [1.29, 1.82) is 0 Å². The first kappa shape index (κ1) is 15.0. The first-order valence-electron chi connectivity index (χ1n) is 6.46. The molecular formula is C15H20N2O2. The Morgan fingerprint density at radius 1 is 1.53 bits per heavy atom. The highest BCUT2D eigenvalue weighted by Crippen LogP contribution is 2.14. The van der Waals surface area contributed by atoms with Gasteiger partial charge in [-0.05, 0) is 12.5 Å². The van der Waals surface area contributed by atoms with Crippen molar-refractivity contribution in [3.63, 3.8) is 0 Å². The highest BCUT2D eigenvalue weighted by Gasteiger charge is 2.25. The third-order valence-corrected chi connectivity index (χ3v) is 2.71. The zero-order valence-corrected chi connectivity index (χ0v) is 11.6. The number of hydrogen-bond acceptors (Lipinski definition) is 2. The van der Waals surface area contributed by atoms with Crippen LogP contribution in [0.15, 0.2) is 23.9 Å². The van der Waals surface area contributed by atoms with Crippen LogP contribution in [0.3, 0.4) is 0 Å². The molecule has 2 amide bonds. The summed E-state index contributed by atoms with van der Waals surface area (Å²) in [6.07, 6.45) is 5.94. The van der Waals surface area contributed by atoms with Crippen molar-refractivity contribution in [3.8, 4) is 11.8 Å². The van der Waals surface area contributed by atoms with E-state index in [2.05, 4.69) is 11.8 Å². The van der Waals surface area contributed by atoms with Crippen molar-refractivity contribution in [3.05, 3.63) is 23.9 Å². The van der Waals surface area contributed by atoms with Gasteiger partial charge in [-0.2, -0.15) is 0 Å². The fourth-order valence-electron chi connectivity index (χ4n) is 1.76. The standard InChI is InChI=1S/C15H20N2O2/c1-4-13(15(16)19)17-10-12(9-8-11(2)3)6-5-7-14(17)18/h5-6,10-11,13H,4,7H2,1-3H3,(H2,16,19). The molecule has 2 N–H and O–H groups in total. The van der Waals surface area contributed by atoms with E-state index in [0.717, 1.165) is 5.57 Å². The number of hydrogen-bond donors (Lipinski definition) is 1. The first-order valence-corrected chi connectivity index (χ1v) is 6.46. The smallest absolute Gasteiger partial charge is 0.240 e. The lowest BCUT2D eigenvalue weighted by atomic mass is 10.1. The van der Waals surface area contributed by atoms with Crippen molar-refractivity contribution >= 4 is 11.8 Å².